The summed E-state index contributed by atoms with van der Waals surface area (Å²) in [7, 11) is 0. The lowest BCUT2D eigenvalue weighted by molar-refractivity contribution is -0.134. The number of aliphatic hydroxyl groups excluding tert-OH is 1. The van der Waals surface area contributed by atoms with Crippen LogP contribution in [-0.4, -0.2) is 95.3 Å². The first-order valence-corrected chi connectivity index (χ1v) is 15.0. The molecule has 18 heteroatoms. The number of amides is 4. The van der Waals surface area contributed by atoms with E-state index in [0.29, 0.717) is 6.42 Å². The summed E-state index contributed by atoms with van der Waals surface area (Å²) in [6.45, 7) is 4.58. The van der Waals surface area contributed by atoms with E-state index in [1.165, 1.54) is 13.1 Å². The first-order valence-electron chi connectivity index (χ1n) is 14.1. The SMILES string of the molecule is CC(=O)N[C@@H](CO)C(=O)N[C@@H](CCCN=C(N)N)C(=O)N[C@@H](CC(C)C)C(=O)N[C@@H](CCCN=C(N)N)C(=O)c1nccs1. The lowest BCUT2D eigenvalue weighted by Crippen LogP contribution is -2.58. The van der Waals surface area contributed by atoms with Gasteiger partial charge in [0.05, 0.1) is 12.6 Å². The van der Waals surface area contributed by atoms with Gasteiger partial charge in [-0.15, -0.1) is 11.3 Å². The minimum atomic E-state index is -1.30. The molecule has 13 N–H and O–H groups in total. The number of hydrogen-bond acceptors (Lipinski definition) is 10. The van der Waals surface area contributed by atoms with Crippen molar-refractivity contribution in [1.29, 1.82) is 0 Å². The van der Waals surface area contributed by atoms with E-state index in [4.69, 9.17) is 22.9 Å². The van der Waals surface area contributed by atoms with Gasteiger partial charge < -0.3 is 49.3 Å². The third kappa shape index (κ3) is 14.7. The van der Waals surface area contributed by atoms with Crippen LogP contribution in [0.2, 0.25) is 0 Å². The van der Waals surface area contributed by atoms with Crippen LogP contribution in [0.5, 0.6) is 0 Å². The number of carbonyl (C=O) groups excluding carboxylic acids is 5. The molecular weight excluding hydrogens is 594 g/mol. The van der Waals surface area contributed by atoms with Crippen LogP contribution >= 0.6 is 11.3 Å². The number of aromatic nitrogens is 1. The van der Waals surface area contributed by atoms with E-state index in [1.807, 2.05) is 13.8 Å². The van der Waals surface area contributed by atoms with Crippen LogP contribution in [0.4, 0.5) is 0 Å². The maximum atomic E-state index is 13.5. The molecule has 246 valence electrons. The number of Topliss-reactive ketones (excluding diaryl/α,β-unsaturated/α-hetero) is 1. The van der Waals surface area contributed by atoms with Gasteiger partial charge in [0.15, 0.2) is 16.9 Å². The molecule has 1 aromatic heterocycles. The van der Waals surface area contributed by atoms with E-state index in [1.54, 1.807) is 5.38 Å². The summed E-state index contributed by atoms with van der Waals surface area (Å²) in [5.74, 6) is -3.35. The number of guanidine groups is 2. The number of aliphatic imine (C=N–C) groups is 2. The maximum Gasteiger partial charge on any atom is 0.245 e. The average molecular weight is 640 g/mol. The topological polar surface area (TPSA) is 295 Å². The summed E-state index contributed by atoms with van der Waals surface area (Å²) in [5, 5.41) is 21.7. The summed E-state index contributed by atoms with van der Waals surface area (Å²) in [6.07, 6.45) is 2.63. The molecule has 1 aromatic rings. The summed E-state index contributed by atoms with van der Waals surface area (Å²) in [6, 6.07) is -4.51. The van der Waals surface area contributed by atoms with Crippen molar-refractivity contribution in [3.8, 4) is 0 Å². The molecule has 0 unspecified atom stereocenters. The summed E-state index contributed by atoms with van der Waals surface area (Å²) < 4.78 is 0. The monoisotopic (exact) mass is 639 g/mol. The molecule has 0 saturated carbocycles. The van der Waals surface area contributed by atoms with Gasteiger partial charge in [0.2, 0.25) is 29.4 Å². The molecule has 0 bridgehead atoms. The summed E-state index contributed by atoms with van der Waals surface area (Å²) in [4.78, 5) is 76.2. The highest BCUT2D eigenvalue weighted by molar-refractivity contribution is 7.11. The first kappa shape index (κ1) is 37.7. The van der Waals surface area contributed by atoms with Crippen molar-refractivity contribution in [2.45, 2.75) is 77.0 Å². The molecule has 0 fully saturated rings. The van der Waals surface area contributed by atoms with E-state index >= 15 is 0 Å². The molecule has 1 heterocycles. The van der Waals surface area contributed by atoms with E-state index in [0.717, 1.165) is 11.3 Å². The third-order valence-electron chi connectivity index (χ3n) is 6.02. The Labute approximate surface area is 260 Å². The number of aliphatic hydroxyl groups is 1. The maximum absolute atomic E-state index is 13.5. The molecule has 4 amide bonds. The van der Waals surface area contributed by atoms with Crippen molar-refractivity contribution >= 4 is 52.7 Å². The van der Waals surface area contributed by atoms with Crippen LogP contribution in [0.25, 0.3) is 0 Å². The Morgan fingerprint density at radius 3 is 1.80 bits per heavy atom. The zero-order chi connectivity index (χ0) is 33.2. The molecule has 0 spiro atoms. The highest BCUT2D eigenvalue weighted by Crippen LogP contribution is 2.13. The van der Waals surface area contributed by atoms with Gasteiger partial charge >= 0.3 is 0 Å². The van der Waals surface area contributed by atoms with Crippen LogP contribution in [0.3, 0.4) is 0 Å². The molecule has 1 rings (SSSR count). The van der Waals surface area contributed by atoms with Crippen molar-refractivity contribution in [1.82, 2.24) is 26.3 Å². The van der Waals surface area contributed by atoms with Crippen molar-refractivity contribution in [3.63, 3.8) is 0 Å². The number of rotatable bonds is 20. The van der Waals surface area contributed by atoms with E-state index in [2.05, 4.69) is 36.2 Å². The van der Waals surface area contributed by atoms with Crippen LogP contribution in [-0.2, 0) is 19.2 Å². The normalized spacial score (nSPS) is 13.5. The molecule has 4 atom stereocenters. The first-order chi connectivity index (χ1) is 20.7. The Morgan fingerprint density at radius 2 is 1.32 bits per heavy atom. The second kappa shape index (κ2) is 19.8. The van der Waals surface area contributed by atoms with Crippen molar-refractivity contribution in [2.24, 2.45) is 38.8 Å². The van der Waals surface area contributed by atoms with Gasteiger partial charge in [0, 0.05) is 31.6 Å². The van der Waals surface area contributed by atoms with Gasteiger partial charge in [-0.25, -0.2) is 4.98 Å². The number of thiazole rings is 1. The van der Waals surface area contributed by atoms with Gasteiger partial charge in [-0.1, -0.05) is 13.8 Å². The van der Waals surface area contributed by atoms with Gasteiger partial charge in [0.1, 0.15) is 18.1 Å². The van der Waals surface area contributed by atoms with E-state index < -0.39 is 60.2 Å². The number of carbonyl (C=O) groups is 5. The molecule has 0 radical (unpaired) electrons. The molecule has 44 heavy (non-hydrogen) atoms. The van der Waals surface area contributed by atoms with Crippen molar-refractivity contribution in [2.75, 3.05) is 19.7 Å². The molecule has 17 nitrogen and oxygen atoms in total. The Kier molecular flexibility index (Phi) is 17.0. The van der Waals surface area contributed by atoms with Gasteiger partial charge in [0.25, 0.3) is 0 Å². The molecule has 0 aliphatic rings. The Balaban J connectivity index is 3.17. The van der Waals surface area contributed by atoms with Gasteiger partial charge in [-0.05, 0) is 38.0 Å². The molecule has 0 aliphatic heterocycles. The number of nitrogens with two attached hydrogens (primary N) is 4. The van der Waals surface area contributed by atoms with Gasteiger partial charge in [-0.3, -0.25) is 34.0 Å². The third-order valence-corrected chi connectivity index (χ3v) is 6.80. The highest BCUT2D eigenvalue weighted by Gasteiger charge is 2.32. The number of nitrogens with zero attached hydrogens (tertiary/aromatic N) is 3. The van der Waals surface area contributed by atoms with Crippen molar-refractivity contribution in [3.05, 3.63) is 16.6 Å². The molecule has 0 aromatic carbocycles. The van der Waals surface area contributed by atoms with Crippen LogP contribution < -0.4 is 44.2 Å². The second-order valence-corrected chi connectivity index (χ2v) is 11.2. The second-order valence-electron chi connectivity index (χ2n) is 10.3. The lowest BCUT2D eigenvalue weighted by atomic mass is 10.0. The smallest absolute Gasteiger partial charge is 0.245 e. The quantitative estimate of drug-likeness (QED) is 0.0309. The minimum Gasteiger partial charge on any atom is -0.394 e. The zero-order valence-electron chi connectivity index (χ0n) is 25.2. The summed E-state index contributed by atoms with van der Waals surface area (Å²) in [5.41, 5.74) is 21.5. The van der Waals surface area contributed by atoms with E-state index in [-0.39, 0.29) is 61.6 Å². The highest BCUT2D eigenvalue weighted by atomic mass is 32.1. The fourth-order valence-electron chi connectivity index (χ4n) is 4.00. The van der Waals surface area contributed by atoms with Crippen LogP contribution in [0.1, 0.15) is 62.7 Å². The van der Waals surface area contributed by atoms with Crippen LogP contribution in [0, 0.1) is 5.92 Å². The van der Waals surface area contributed by atoms with E-state index in [9.17, 15) is 29.1 Å². The largest absolute Gasteiger partial charge is 0.394 e. The fourth-order valence-corrected chi connectivity index (χ4v) is 4.63. The zero-order valence-corrected chi connectivity index (χ0v) is 26.1. The Bertz CT molecular complexity index is 1150. The predicted molar refractivity (Wildman–Crippen MR) is 166 cm³/mol. The minimum absolute atomic E-state index is 0.0468. The summed E-state index contributed by atoms with van der Waals surface area (Å²) >= 11 is 1.13. The fraction of sp³-hybridized carbons (Fsp3) is 0.615. The molecule has 0 saturated heterocycles. The Hall–Kier alpha value is -4.32. The predicted octanol–water partition coefficient (Wildman–Crippen LogP) is -2.57. The standard InChI is InChI=1S/C26H45N11O6S/c1-14(2)12-18(22(42)35-16(6-4-8-32-25(27)28)20(40)24-31-10-11-44-24)37-21(41)17(7-5-9-33-26(29)30)36-23(43)19(13-38)34-15(3)39/h10-11,14,16-19,38H,4-9,12-13H2,1-3H3,(H,34,39)(H,35,42)(H,36,43)(H,37,41)(H4,27,28,32)(H4,29,30,33)/t16-,17-,18-,19-/m0/s1. The number of nitrogens with one attached hydrogen (secondary N) is 4. The van der Waals surface area contributed by atoms with Gasteiger partial charge in [-0.2, -0.15) is 0 Å². The average Bonchev–Trinajstić information content (AvgIpc) is 3.48. The lowest BCUT2D eigenvalue weighted by Gasteiger charge is -2.27. The molecular formula is C26H45N11O6S. The van der Waals surface area contributed by atoms with Crippen LogP contribution in [0.15, 0.2) is 21.6 Å². The number of hydrogen-bond donors (Lipinski definition) is 9. The Morgan fingerprint density at radius 1 is 0.818 bits per heavy atom. The number of ketones is 1. The molecule has 0 aliphatic carbocycles. The van der Waals surface area contributed by atoms with Crippen molar-refractivity contribution < 1.29 is 29.1 Å².